The lowest BCUT2D eigenvalue weighted by Gasteiger charge is -2.26. The average molecular weight is 436 g/mol. The Morgan fingerprint density at radius 3 is 2.48 bits per heavy atom. The van der Waals surface area contributed by atoms with Crippen LogP contribution in [0.4, 0.5) is 0 Å². The second kappa shape index (κ2) is 8.91. The molecule has 1 aliphatic carbocycles. The van der Waals surface area contributed by atoms with Crippen LogP contribution in [0, 0.1) is 5.92 Å². The first-order valence-corrected chi connectivity index (χ1v) is 11.2. The minimum Gasteiger partial charge on any atom is -0.489 e. The fourth-order valence-corrected chi connectivity index (χ4v) is 4.58. The minimum absolute atomic E-state index is 0.346. The van der Waals surface area contributed by atoms with Crippen molar-refractivity contribution in [1.29, 1.82) is 0 Å². The van der Waals surface area contributed by atoms with E-state index >= 15 is 0 Å². The van der Waals surface area contributed by atoms with E-state index in [0.29, 0.717) is 23.5 Å². The second-order valence-electron chi connectivity index (χ2n) is 8.66. The number of aromatic nitrogens is 1. The number of para-hydroxylation sites is 1. The molecule has 0 radical (unpaired) electrons. The van der Waals surface area contributed by atoms with Gasteiger partial charge in [0.2, 0.25) is 0 Å². The number of allylic oxidation sites excluding steroid dienone is 1. The van der Waals surface area contributed by atoms with Gasteiger partial charge in [-0.1, -0.05) is 67.6 Å². The van der Waals surface area contributed by atoms with E-state index < -0.39 is 5.97 Å². The highest BCUT2D eigenvalue weighted by atomic mass is 16.5. The summed E-state index contributed by atoms with van der Waals surface area (Å²) >= 11 is 0. The molecule has 0 saturated heterocycles. The number of nitrogens with zero attached hydrogens (tertiary/aromatic N) is 1. The maximum Gasteiger partial charge on any atom is 0.336 e. The number of rotatable bonds is 5. The zero-order chi connectivity index (χ0) is 22.8. The van der Waals surface area contributed by atoms with Crippen LogP contribution < -0.4 is 4.74 Å². The van der Waals surface area contributed by atoms with E-state index in [4.69, 9.17) is 9.72 Å². The molecule has 164 valence electrons. The first-order chi connectivity index (χ1) is 16.1. The van der Waals surface area contributed by atoms with Crippen molar-refractivity contribution < 1.29 is 14.6 Å². The number of hydrogen-bond acceptors (Lipinski definition) is 3. The lowest BCUT2D eigenvalue weighted by molar-refractivity contribution is 0.0697. The molecular weight excluding hydrogens is 410 g/mol. The van der Waals surface area contributed by atoms with Crippen molar-refractivity contribution in [2.75, 3.05) is 0 Å². The van der Waals surface area contributed by atoms with Crippen molar-refractivity contribution in [3.05, 3.63) is 107 Å². The number of benzene rings is 3. The summed E-state index contributed by atoms with van der Waals surface area (Å²) in [5, 5.41) is 10.7. The normalized spacial score (nSPS) is 16.5. The summed E-state index contributed by atoms with van der Waals surface area (Å²) in [4.78, 5) is 17.1. The van der Waals surface area contributed by atoms with Crippen molar-refractivity contribution in [2.45, 2.75) is 26.4 Å². The van der Waals surface area contributed by atoms with Gasteiger partial charge in [0.15, 0.2) is 0 Å². The fraction of sp³-hybridized carbons (Fsp3) is 0.172. The monoisotopic (exact) mass is 435 g/mol. The Bertz CT molecular complexity index is 1340. The van der Waals surface area contributed by atoms with E-state index in [1.165, 1.54) is 0 Å². The number of carboxylic acid groups (broad SMARTS) is 1. The van der Waals surface area contributed by atoms with Crippen LogP contribution >= 0.6 is 0 Å². The molecule has 4 nitrogen and oxygen atoms in total. The number of fused-ring (bicyclic) bond motifs is 2. The van der Waals surface area contributed by atoms with Gasteiger partial charge in [-0.25, -0.2) is 9.78 Å². The zero-order valence-electron chi connectivity index (χ0n) is 18.5. The van der Waals surface area contributed by atoms with Crippen LogP contribution in [0.25, 0.3) is 22.6 Å². The molecule has 0 amide bonds. The van der Waals surface area contributed by atoms with Gasteiger partial charge in [-0.05, 0) is 65.3 Å². The van der Waals surface area contributed by atoms with Gasteiger partial charge in [0.1, 0.15) is 12.4 Å². The largest absolute Gasteiger partial charge is 0.489 e. The quantitative estimate of drug-likeness (QED) is 0.382. The highest BCUT2D eigenvalue weighted by Gasteiger charge is 2.27. The van der Waals surface area contributed by atoms with Crippen LogP contribution in [0.2, 0.25) is 0 Å². The summed E-state index contributed by atoms with van der Waals surface area (Å²) in [5.41, 5.74) is 6.02. The van der Waals surface area contributed by atoms with Gasteiger partial charge in [-0.3, -0.25) is 0 Å². The molecule has 4 heteroatoms. The molecule has 1 N–H and O–H groups in total. The fourth-order valence-electron chi connectivity index (χ4n) is 4.58. The number of pyridine rings is 1. The van der Waals surface area contributed by atoms with Gasteiger partial charge in [0.25, 0.3) is 0 Å². The molecule has 0 spiro atoms. The van der Waals surface area contributed by atoms with E-state index in [9.17, 15) is 9.90 Å². The summed E-state index contributed by atoms with van der Waals surface area (Å²) in [7, 11) is 0. The van der Waals surface area contributed by atoms with E-state index in [1.807, 2.05) is 78.9 Å². The number of ether oxygens (including phenoxy) is 1. The maximum atomic E-state index is 12.2. The number of carboxylic acids is 1. The van der Waals surface area contributed by atoms with Crippen molar-refractivity contribution in [2.24, 2.45) is 5.92 Å². The number of carbonyl (C=O) groups is 1. The summed E-state index contributed by atoms with van der Waals surface area (Å²) < 4.78 is 5.90. The van der Waals surface area contributed by atoms with E-state index in [2.05, 4.69) is 13.0 Å². The molecule has 0 aliphatic heterocycles. The van der Waals surface area contributed by atoms with Crippen molar-refractivity contribution in [3.63, 3.8) is 0 Å². The lowest BCUT2D eigenvalue weighted by atomic mass is 9.80. The molecule has 1 aliphatic rings. The standard InChI is InChI=1S/C29H25NO3/c1-19-15-22(17-20-11-13-23(14-12-20)33-18-21-7-3-2-4-8-21)28-25(16-19)27(29(31)32)24-9-5-6-10-26(24)30-28/h2-14,17,19H,15-16,18H2,1H3,(H,31,32). The van der Waals surface area contributed by atoms with Gasteiger partial charge in [0, 0.05) is 5.39 Å². The average Bonchev–Trinajstić information content (AvgIpc) is 2.83. The summed E-state index contributed by atoms with van der Waals surface area (Å²) in [6.45, 7) is 2.69. The molecule has 0 bridgehead atoms. The topological polar surface area (TPSA) is 59.4 Å². The van der Waals surface area contributed by atoms with E-state index in [-0.39, 0.29) is 0 Å². The molecule has 4 aromatic rings. The third-order valence-corrected chi connectivity index (χ3v) is 6.10. The minimum atomic E-state index is -0.891. The van der Waals surface area contributed by atoms with Gasteiger partial charge in [-0.2, -0.15) is 0 Å². The molecule has 5 rings (SSSR count). The Balaban J connectivity index is 1.48. The highest BCUT2D eigenvalue weighted by molar-refractivity contribution is 6.05. The second-order valence-corrected chi connectivity index (χ2v) is 8.66. The number of hydrogen-bond donors (Lipinski definition) is 1. The smallest absolute Gasteiger partial charge is 0.336 e. The van der Waals surface area contributed by atoms with Gasteiger partial charge >= 0.3 is 5.97 Å². The van der Waals surface area contributed by atoms with Gasteiger partial charge in [0.05, 0.1) is 16.8 Å². The summed E-state index contributed by atoms with van der Waals surface area (Å²) in [5.74, 6) is 0.271. The predicted octanol–water partition coefficient (Wildman–Crippen LogP) is 6.63. The van der Waals surface area contributed by atoms with Crippen LogP contribution in [0.15, 0.2) is 78.9 Å². The number of aromatic carboxylic acids is 1. The Morgan fingerprint density at radius 1 is 1.00 bits per heavy atom. The Labute approximate surface area is 193 Å². The van der Waals surface area contributed by atoms with Crippen molar-refractivity contribution >= 4 is 28.5 Å². The van der Waals surface area contributed by atoms with Crippen LogP contribution in [0.1, 0.15) is 46.1 Å². The molecule has 1 heterocycles. The van der Waals surface area contributed by atoms with Crippen LogP contribution in [0.5, 0.6) is 5.75 Å². The third kappa shape index (κ3) is 4.37. The first kappa shape index (κ1) is 21.0. The van der Waals surface area contributed by atoms with Crippen LogP contribution in [-0.4, -0.2) is 16.1 Å². The van der Waals surface area contributed by atoms with Crippen molar-refractivity contribution in [3.8, 4) is 5.75 Å². The molecular formula is C29H25NO3. The van der Waals surface area contributed by atoms with Gasteiger partial charge < -0.3 is 9.84 Å². The lowest BCUT2D eigenvalue weighted by Crippen LogP contribution is -2.17. The maximum absolute atomic E-state index is 12.2. The van der Waals surface area contributed by atoms with E-state index in [1.54, 1.807) is 0 Å². The zero-order valence-corrected chi connectivity index (χ0v) is 18.5. The summed E-state index contributed by atoms with van der Waals surface area (Å²) in [6, 6.07) is 25.6. The third-order valence-electron chi connectivity index (χ3n) is 6.10. The van der Waals surface area contributed by atoms with Gasteiger partial charge in [-0.15, -0.1) is 0 Å². The molecule has 1 aromatic heterocycles. The molecule has 33 heavy (non-hydrogen) atoms. The van der Waals surface area contributed by atoms with Crippen LogP contribution in [-0.2, 0) is 13.0 Å². The van der Waals surface area contributed by atoms with Crippen molar-refractivity contribution in [1.82, 2.24) is 4.98 Å². The van der Waals surface area contributed by atoms with Crippen LogP contribution in [0.3, 0.4) is 0 Å². The SMILES string of the molecule is CC1CC(=Cc2ccc(OCc3ccccc3)cc2)c2nc3ccccc3c(C(=O)O)c2C1. The molecule has 3 aromatic carbocycles. The predicted molar refractivity (Wildman–Crippen MR) is 131 cm³/mol. The summed E-state index contributed by atoms with van der Waals surface area (Å²) in [6.07, 6.45) is 3.71. The Hall–Kier alpha value is -3.92. The molecule has 1 unspecified atom stereocenters. The Morgan fingerprint density at radius 2 is 1.73 bits per heavy atom. The first-order valence-electron chi connectivity index (χ1n) is 11.2. The highest BCUT2D eigenvalue weighted by Crippen LogP contribution is 2.38. The Kier molecular flexibility index (Phi) is 5.66. The molecule has 0 saturated carbocycles. The molecule has 0 fully saturated rings. The molecule has 1 atom stereocenters. The van der Waals surface area contributed by atoms with E-state index in [0.717, 1.165) is 52.1 Å².